The van der Waals surface area contributed by atoms with Gasteiger partial charge in [0, 0.05) is 28.4 Å². The Balaban J connectivity index is 2.04. The molecule has 0 bridgehead atoms. The second-order valence-electron chi connectivity index (χ2n) is 6.96. The molecule has 1 aliphatic rings. The molecule has 150 valence electrons. The third kappa shape index (κ3) is 3.12. The molecule has 0 saturated carbocycles. The number of benzene rings is 2. The minimum Gasteiger partial charge on any atom is -0.390 e. The van der Waals surface area contributed by atoms with Crippen molar-refractivity contribution in [3.05, 3.63) is 47.5 Å². The summed E-state index contributed by atoms with van der Waals surface area (Å²) in [5, 5.41) is 13.6. The van der Waals surface area contributed by atoms with Crippen LogP contribution in [0.4, 0.5) is 26.3 Å². The molecule has 2 N–H and O–H groups in total. The summed E-state index contributed by atoms with van der Waals surface area (Å²) in [6.07, 6.45) is -9.53. The Morgan fingerprint density at radius 1 is 0.857 bits per heavy atom. The van der Waals surface area contributed by atoms with E-state index >= 15 is 0 Å². The molecule has 9 heteroatoms. The first-order valence-corrected chi connectivity index (χ1v) is 8.68. The van der Waals surface area contributed by atoms with Gasteiger partial charge in [-0.05, 0) is 49.4 Å². The molecule has 0 spiro atoms. The average Bonchev–Trinajstić information content (AvgIpc) is 2.94. The summed E-state index contributed by atoms with van der Waals surface area (Å²) < 4.78 is 80.7. The standard InChI is InChI=1S/C19H16F6N2O/c20-18(21,22)10-1-3-14-12(7-10)13-8-11(19(23,24)25)2-4-15(13)27(14)16-5-6-26-9-17(16)28/h1-4,7-8,16-17,26,28H,5-6,9H2/t16-,17-/m1/s1. The normalized spacial score (nSPS) is 21.5. The zero-order chi connectivity index (χ0) is 20.3. The Kier molecular flexibility index (Phi) is 4.35. The summed E-state index contributed by atoms with van der Waals surface area (Å²) in [6.45, 7) is 0.886. The molecule has 1 aliphatic heterocycles. The van der Waals surface area contributed by atoms with Crippen LogP contribution in [0.3, 0.4) is 0 Å². The minimum absolute atomic E-state index is 0.0849. The second-order valence-corrected chi connectivity index (χ2v) is 6.96. The maximum atomic E-state index is 13.2. The van der Waals surface area contributed by atoms with Crippen LogP contribution in [-0.2, 0) is 12.4 Å². The Hall–Kier alpha value is -2.26. The maximum absolute atomic E-state index is 13.2. The van der Waals surface area contributed by atoms with E-state index in [1.807, 2.05) is 0 Å². The number of hydrogen-bond donors (Lipinski definition) is 2. The number of aliphatic hydroxyl groups excluding tert-OH is 1. The van der Waals surface area contributed by atoms with Gasteiger partial charge in [0.05, 0.1) is 23.3 Å². The van der Waals surface area contributed by atoms with Gasteiger partial charge < -0.3 is 15.0 Å². The molecule has 2 aromatic carbocycles. The molecule has 2 atom stereocenters. The van der Waals surface area contributed by atoms with Gasteiger partial charge in [-0.3, -0.25) is 0 Å². The van der Waals surface area contributed by atoms with E-state index in [0.717, 1.165) is 24.3 Å². The zero-order valence-corrected chi connectivity index (χ0v) is 14.4. The van der Waals surface area contributed by atoms with Gasteiger partial charge in [0.15, 0.2) is 0 Å². The topological polar surface area (TPSA) is 37.2 Å². The highest BCUT2D eigenvalue weighted by molar-refractivity contribution is 6.08. The summed E-state index contributed by atoms with van der Waals surface area (Å²) in [7, 11) is 0. The van der Waals surface area contributed by atoms with Crippen LogP contribution in [0, 0.1) is 0 Å². The average molecular weight is 402 g/mol. The van der Waals surface area contributed by atoms with Crippen LogP contribution in [0.25, 0.3) is 21.8 Å². The highest BCUT2D eigenvalue weighted by Gasteiger charge is 2.34. The van der Waals surface area contributed by atoms with Crippen molar-refractivity contribution >= 4 is 21.8 Å². The number of nitrogens with zero attached hydrogens (tertiary/aromatic N) is 1. The van der Waals surface area contributed by atoms with Gasteiger partial charge in [0.2, 0.25) is 0 Å². The van der Waals surface area contributed by atoms with Crippen molar-refractivity contribution in [1.29, 1.82) is 0 Å². The Morgan fingerprint density at radius 3 is 1.79 bits per heavy atom. The number of halogens is 6. The highest BCUT2D eigenvalue weighted by atomic mass is 19.4. The quantitative estimate of drug-likeness (QED) is 0.578. The number of β-amino-alcohol motifs (C(OH)–C–C–N with tert-alkyl or cyclic N) is 1. The van der Waals surface area contributed by atoms with Gasteiger partial charge in [-0.2, -0.15) is 26.3 Å². The predicted octanol–water partition coefficient (Wildman–Crippen LogP) is 4.73. The summed E-state index contributed by atoms with van der Waals surface area (Å²) in [5.74, 6) is 0. The number of piperidine rings is 1. The smallest absolute Gasteiger partial charge is 0.390 e. The van der Waals surface area contributed by atoms with Gasteiger partial charge in [0.1, 0.15) is 0 Å². The number of hydrogen-bond acceptors (Lipinski definition) is 2. The SMILES string of the molecule is O[C@@H]1CNCC[C@H]1n1c2ccc(C(F)(F)F)cc2c2cc(C(F)(F)F)ccc21. The molecule has 4 rings (SSSR count). The lowest BCUT2D eigenvalue weighted by molar-refractivity contribution is -0.138. The molecular weight excluding hydrogens is 386 g/mol. The van der Waals surface area contributed by atoms with Crippen LogP contribution < -0.4 is 5.32 Å². The third-order valence-corrected chi connectivity index (χ3v) is 5.20. The Morgan fingerprint density at radius 2 is 1.36 bits per heavy atom. The van der Waals surface area contributed by atoms with Crippen LogP contribution in [-0.4, -0.2) is 28.9 Å². The number of aliphatic hydroxyl groups is 1. The van der Waals surface area contributed by atoms with E-state index < -0.39 is 35.6 Å². The second kappa shape index (κ2) is 6.38. The van der Waals surface area contributed by atoms with Crippen LogP contribution in [0.2, 0.25) is 0 Å². The Labute approximate surface area is 155 Å². The van der Waals surface area contributed by atoms with E-state index in [-0.39, 0.29) is 10.8 Å². The number of nitrogens with one attached hydrogen (secondary N) is 1. The molecule has 1 aromatic heterocycles. The molecular formula is C19H16F6N2O. The minimum atomic E-state index is -4.61. The Bertz CT molecular complexity index is 965. The number of fused-ring (bicyclic) bond motifs is 3. The van der Waals surface area contributed by atoms with E-state index in [1.165, 1.54) is 12.1 Å². The predicted molar refractivity (Wildman–Crippen MR) is 92.0 cm³/mol. The van der Waals surface area contributed by atoms with E-state index in [9.17, 15) is 31.4 Å². The summed E-state index contributed by atoms with van der Waals surface area (Å²) in [5.41, 5.74) is -1.12. The van der Waals surface area contributed by atoms with Crippen molar-refractivity contribution in [2.75, 3.05) is 13.1 Å². The fraction of sp³-hybridized carbons (Fsp3) is 0.368. The van der Waals surface area contributed by atoms with Crippen molar-refractivity contribution in [1.82, 2.24) is 9.88 Å². The van der Waals surface area contributed by atoms with Crippen molar-refractivity contribution in [3.8, 4) is 0 Å². The van der Waals surface area contributed by atoms with Crippen molar-refractivity contribution < 1.29 is 31.4 Å². The van der Waals surface area contributed by atoms with Crippen LogP contribution in [0.5, 0.6) is 0 Å². The lowest BCUT2D eigenvalue weighted by Crippen LogP contribution is -2.41. The molecule has 1 saturated heterocycles. The van der Waals surface area contributed by atoms with Crippen LogP contribution in [0.15, 0.2) is 36.4 Å². The lowest BCUT2D eigenvalue weighted by Gasteiger charge is -2.31. The summed E-state index contributed by atoms with van der Waals surface area (Å²) in [6, 6.07) is 5.66. The summed E-state index contributed by atoms with van der Waals surface area (Å²) in [4.78, 5) is 0. The molecule has 1 fully saturated rings. The van der Waals surface area contributed by atoms with E-state index in [0.29, 0.717) is 30.5 Å². The molecule has 2 heterocycles. The van der Waals surface area contributed by atoms with E-state index in [1.54, 1.807) is 4.57 Å². The number of rotatable bonds is 1. The maximum Gasteiger partial charge on any atom is 0.416 e. The molecule has 3 nitrogen and oxygen atoms in total. The third-order valence-electron chi connectivity index (χ3n) is 5.20. The first-order chi connectivity index (χ1) is 13.1. The fourth-order valence-corrected chi connectivity index (χ4v) is 3.89. The molecule has 0 radical (unpaired) electrons. The van der Waals surface area contributed by atoms with Crippen molar-refractivity contribution in [2.45, 2.75) is 30.9 Å². The van der Waals surface area contributed by atoms with Gasteiger partial charge in [-0.1, -0.05) is 0 Å². The van der Waals surface area contributed by atoms with Crippen molar-refractivity contribution in [2.24, 2.45) is 0 Å². The zero-order valence-electron chi connectivity index (χ0n) is 14.4. The molecule has 0 aliphatic carbocycles. The van der Waals surface area contributed by atoms with Gasteiger partial charge in [-0.15, -0.1) is 0 Å². The molecule has 28 heavy (non-hydrogen) atoms. The first-order valence-electron chi connectivity index (χ1n) is 8.68. The van der Waals surface area contributed by atoms with E-state index in [2.05, 4.69) is 5.32 Å². The monoisotopic (exact) mass is 402 g/mol. The van der Waals surface area contributed by atoms with Crippen molar-refractivity contribution in [3.63, 3.8) is 0 Å². The van der Waals surface area contributed by atoms with Crippen LogP contribution in [0.1, 0.15) is 23.6 Å². The first kappa shape index (κ1) is 19.1. The molecule has 3 aromatic rings. The fourth-order valence-electron chi connectivity index (χ4n) is 3.89. The van der Waals surface area contributed by atoms with Gasteiger partial charge in [0.25, 0.3) is 0 Å². The molecule has 0 amide bonds. The number of aromatic nitrogens is 1. The number of alkyl halides is 6. The molecule has 0 unspecified atom stereocenters. The van der Waals surface area contributed by atoms with Crippen LogP contribution >= 0.6 is 0 Å². The van der Waals surface area contributed by atoms with Gasteiger partial charge in [-0.25, -0.2) is 0 Å². The van der Waals surface area contributed by atoms with Gasteiger partial charge >= 0.3 is 12.4 Å². The largest absolute Gasteiger partial charge is 0.416 e. The highest BCUT2D eigenvalue weighted by Crippen LogP contribution is 2.40. The lowest BCUT2D eigenvalue weighted by atomic mass is 10.0. The summed E-state index contributed by atoms with van der Waals surface area (Å²) >= 11 is 0. The van der Waals surface area contributed by atoms with E-state index in [4.69, 9.17) is 0 Å².